The molecule has 0 spiro atoms. The number of nitrogens with zero attached hydrogens (tertiary/aromatic N) is 2. The molecule has 1 aromatic heterocycles. The highest BCUT2D eigenvalue weighted by atomic mass is 16.5. The summed E-state index contributed by atoms with van der Waals surface area (Å²) in [6.07, 6.45) is 2.38. The number of likely N-dealkylation sites (tertiary alicyclic amines) is 1. The first kappa shape index (κ1) is 13.1. The van der Waals surface area contributed by atoms with Crippen molar-refractivity contribution >= 4 is 5.91 Å². The summed E-state index contributed by atoms with van der Waals surface area (Å²) in [6, 6.07) is 0.472. The number of rotatable bonds is 4. The lowest BCUT2D eigenvalue weighted by Crippen LogP contribution is -2.40. The van der Waals surface area contributed by atoms with Crippen molar-refractivity contribution in [2.24, 2.45) is 0 Å². The summed E-state index contributed by atoms with van der Waals surface area (Å²) >= 11 is 0. The molecular formula is C13H21N3O2. The van der Waals surface area contributed by atoms with E-state index >= 15 is 0 Å². The van der Waals surface area contributed by atoms with Gasteiger partial charge in [-0.2, -0.15) is 0 Å². The van der Waals surface area contributed by atoms with Crippen molar-refractivity contribution in [3.05, 3.63) is 17.0 Å². The average Bonchev–Trinajstić information content (AvgIpc) is 2.93. The number of aromatic nitrogens is 1. The monoisotopic (exact) mass is 251 g/mol. The van der Waals surface area contributed by atoms with Crippen LogP contribution in [0.4, 0.5) is 0 Å². The second kappa shape index (κ2) is 5.52. The molecular weight excluding hydrogens is 230 g/mol. The SMILES string of the molecule is CCN1CCC[C@@H]1CNC(=O)c1c(C)noc1C. The predicted octanol–water partition coefficient (Wildman–Crippen LogP) is 1.51. The van der Waals surface area contributed by atoms with Gasteiger partial charge < -0.3 is 9.84 Å². The molecule has 0 radical (unpaired) electrons. The van der Waals surface area contributed by atoms with Gasteiger partial charge in [-0.25, -0.2) is 0 Å². The van der Waals surface area contributed by atoms with Crippen LogP contribution in [0.5, 0.6) is 0 Å². The summed E-state index contributed by atoms with van der Waals surface area (Å²) in [6.45, 7) is 8.61. The van der Waals surface area contributed by atoms with Crippen molar-refractivity contribution in [1.82, 2.24) is 15.4 Å². The van der Waals surface area contributed by atoms with Gasteiger partial charge in [-0.15, -0.1) is 0 Å². The molecule has 0 aromatic carbocycles. The van der Waals surface area contributed by atoms with Gasteiger partial charge in [0, 0.05) is 12.6 Å². The Morgan fingerprint density at radius 3 is 2.94 bits per heavy atom. The molecule has 100 valence electrons. The Labute approximate surface area is 108 Å². The highest BCUT2D eigenvalue weighted by Crippen LogP contribution is 2.16. The third-order valence-corrected chi connectivity index (χ3v) is 3.66. The summed E-state index contributed by atoms with van der Waals surface area (Å²) in [5.41, 5.74) is 1.24. The third-order valence-electron chi connectivity index (χ3n) is 3.66. The summed E-state index contributed by atoms with van der Waals surface area (Å²) < 4.78 is 5.01. The molecule has 1 amide bonds. The quantitative estimate of drug-likeness (QED) is 0.881. The lowest BCUT2D eigenvalue weighted by Gasteiger charge is -2.22. The standard InChI is InChI=1S/C13H21N3O2/c1-4-16-7-5-6-11(16)8-14-13(17)12-9(2)15-18-10(12)3/h11H,4-8H2,1-3H3,(H,14,17)/t11-/m1/s1. The van der Waals surface area contributed by atoms with Gasteiger partial charge in [-0.3, -0.25) is 9.69 Å². The molecule has 1 aliphatic heterocycles. The molecule has 18 heavy (non-hydrogen) atoms. The number of aryl methyl sites for hydroxylation is 2. The van der Waals surface area contributed by atoms with Crippen LogP contribution in [-0.4, -0.2) is 41.6 Å². The molecule has 0 saturated carbocycles. The molecule has 1 aliphatic rings. The second-order valence-corrected chi connectivity index (χ2v) is 4.83. The molecule has 1 N–H and O–H groups in total. The summed E-state index contributed by atoms with van der Waals surface area (Å²) in [7, 11) is 0. The maximum absolute atomic E-state index is 12.1. The van der Waals surface area contributed by atoms with E-state index in [-0.39, 0.29) is 5.91 Å². The molecule has 1 atom stereocenters. The number of carbonyl (C=O) groups is 1. The Morgan fingerprint density at radius 1 is 1.56 bits per heavy atom. The van der Waals surface area contributed by atoms with Crippen LogP contribution in [0.15, 0.2) is 4.52 Å². The summed E-state index contributed by atoms with van der Waals surface area (Å²) in [5.74, 6) is 0.512. The van der Waals surface area contributed by atoms with Crippen LogP contribution in [0, 0.1) is 13.8 Å². The minimum atomic E-state index is -0.0748. The van der Waals surface area contributed by atoms with Crippen LogP contribution < -0.4 is 5.32 Å². The molecule has 2 heterocycles. The number of hydrogen-bond donors (Lipinski definition) is 1. The van der Waals surface area contributed by atoms with Gasteiger partial charge in [-0.05, 0) is 39.8 Å². The molecule has 0 unspecified atom stereocenters. The topological polar surface area (TPSA) is 58.4 Å². The van der Waals surface area contributed by atoms with Crippen LogP contribution in [0.25, 0.3) is 0 Å². The highest BCUT2D eigenvalue weighted by Gasteiger charge is 2.24. The summed E-state index contributed by atoms with van der Waals surface area (Å²) in [5, 5.41) is 6.79. The van der Waals surface area contributed by atoms with Crippen molar-refractivity contribution in [2.75, 3.05) is 19.6 Å². The van der Waals surface area contributed by atoms with Gasteiger partial charge in [-0.1, -0.05) is 12.1 Å². The fourth-order valence-electron chi connectivity index (χ4n) is 2.65. The Morgan fingerprint density at radius 2 is 2.33 bits per heavy atom. The molecule has 0 bridgehead atoms. The maximum atomic E-state index is 12.1. The predicted molar refractivity (Wildman–Crippen MR) is 68.6 cm³/mol. The zero-order valence-electron chi connectivity index (χ0n) is 11.3. The molecule has 1 fully saturated rings. The second-order valence-electron chi connectivity index (χ2n) is 4.83. The van der Waals surface area contributed by atoms with Crippen LogP contribution in [-0.2, 0) is 0 Å². The van der Waals surface area contributed by atoms with Crippen molar-refractivity contribution in [3.8, 4) is 0 Å². The normalized spacial score (nSPS) is 20.3. The van der Waals surface area contributed by atoms with E-state index in [1.54, 1.807) is 13.8 Å². The number of nitrogens with one attached hydrogen (secondary N) is 1. The van der Waals surface area contributed by atoms with Gasteiger partial charge >= 0.3 is 0 Å². The maximum Gasteiger partial charge on any atom is 0.256 e. The molecule has 1 aromatic rings. The zero-order chi connectivity index (χ0) is 13.1. The first-order valence-electron chi connectivity index (χ1n) is 6.58. The minimum Gasteiger partial charge on any atom is -0.361 e. The van der Waals surface area contributed by atoms with Gasteiger partial charge in [0.05, 0.1) is 5.69 Å². The van der Waals surface area contributed by atoms with E-state index in [2.05, 4.69) is 22.3 Å². The zero-order valence-corrected chi connectivity index (χ0v) is 11.3. The number of likely N-dealkylation sites (N-methyl/N-ethyl adjacent to an activating group) is 1. The van der Waals surface area contributed by atoms with Crippen molar-refractivity contribution in [3.63, 3.8) is 0 Å². The van der Waals surface area contributed by atoms with E-state index in [0.29, 0.717) is 29.6 Å². The van der Waals surface area contributed by atoms with Gasteiger partial charge in [0.1, 0.15) is 11.3 Å². The van der Waals surface area contributed by atoms with E-state index in [9.17, 15) is 4.79 Å². The van der Waals surface area contributed by atoms with Gasteiger partial charge in [0.15, 0.2) is 0 Å². The van der Waals surface area contributed by atoms with Crippen LogP contribution in [0.1, 0.15) is 41.6 Å². The van der Waals surface area contributed by atoms with E-state index in [4.69, 9.17) is 4.52 Å². The van der Waals surface area contributed by atoms with E-state index < -0.39 is 0 Å². The molecule has 0 aliphatic carbocycles. The lowest BCUT2D eigenvalue weighted by molar-refractivity contribution is 0.0939. The molecule has 5 nitrogen and oxygen atoms in total. The minimum absolute atomic E-state index is 0.0748. The van der Waals surface area contributed by atoms with E-state index in [0.717, 1.165) is 19.5 Å². The average molecular weight is 251 g/mol. The van der Waals surface area contributed by atoms with Crippen LogP contribution >= 0.6 is 0 Å². The fourth-order valence-corrected chi connectivity index (χ4v) is 2.65. The Balaban J connectivity index is 1.93. The van der Waals surface area contributed by atoms with Crippen molar-refractivity contribution in [1.29, 1.82) is 0 Å². The van der Waals surface area contributed by atoms with Gasteiger partial charge in [0.2, 0.25) is 0 Å². The highest BCUT2D eigenvalue weighted by molar-refractivity contribution is 5.96. The summed E-state index contributed by atoms with van der Waals surface area (Å²) in [4.78, 5) is 14.5. The number of carbonyl (C=O) groups excluding carboxylic acids is 1. The van der Waals surface area contributed by atoms with Crippen LogP contribution in [0.2, 0.25) is 0 Å². The Bertz CT molecular complexity index is 408. The lowest BCUT2D eigenvalue weighted by atomic mass is 10.1. The van der Waals surface area contributed by atoms with Crippen molar-refractivity contribution in [2.45, 2.75) is 39.7 Å². The van der Waals surface area contributed by atoms with Crippen LogP contribution in [0.3, 0.4) is 0 Å². The largest absolute Gasteiger partial charge is 0.361 e. The van der Waals surface area contributed by atoms with E-state index in [1.165, 1.54) is 6.42 Å². The van der Waals surface area contributed by atoms with Crippen molar-refractivity contribution < 1.29 is 9.32 Å². The number of amides is 1. The third kappa shape index (κ3) is 2.56. The molecule has 1 saturated heterocycles. The Kier molecular flexibility index (Phi) is 4.01. The molecule has 2 rings (SSSR count). The first-order valence-corrected chi connectivity index (χ1v) is 6.58. The Hall–Kier alpha value is -1.36. The number of hydrogen-bond acceptors (Lipinski definition) is 4. The fraction of sp³-hybridized carbons (Fsp3) is 0.692. The molecule has 5 heteroatoms. The van der Waals surface area contributed by atoms with Gasteiger partial charge in [0.25, 0.3) is 5.91 Å². The van der Waals surface area contributed by atoms with E-state index in [1.807, 2.05) is 0 Å². The smallest absolute Gasteiger partial charge is 0.256 e. The first-order chi connectivity index (χ1) is 8.63.